The molecule has 11 heteroatoms. The van der Waals surface area contributed by atoms with Crippen molar-refractivity contribution >= 4 is 44.2 Å². The fraction of sp³-hybridized carbons (Fsp3) is 0.0278. The lowest BCUT2D eigenvalue weighted by molar-refractivity contribution is 0.0697. The Morgan fingerprint density at radius 1 is 0.894 bits per heavy atom. The molecule has 5 aromatic carbocycles. The topological polar surface area (TPSA) is 105 Å². The highest BCUT2D eigenvalue weighted by Crippen LogP contribution is 2.48. The highest BCUT2D eigenvalue weighted by Gasteiger charge is 2.31. The summed E-state index contributed by atoms with van der Waals surface area (Å²) in [4.78, 5) is 14.9. The van der Waals surface area contributed by atoms with Crippen LogP contribution in [-0.2, 0) is 10.0 Å². The van der Waals surface area contributed by atoms with Crippen LogP contribution in [0.5, 0.6) is 0 Å². The van der Waals surface area contributed by atoms with Crippen molar-refractivity contribution in [2.45, 2.75) is 11.3 Å². The summed E-state index contributed by atoms with van der Waals surface area (Å²) in [7, 11) is -4.49. The molecule has 7 nitrogen and oxygen atoms in total. The zero-order valence-electron chi connectivity index (χ0n) is 24.0. The lowest BCUT2D eigenvalue weighted by Crippen LogP contribution is -2.14. The molecule has 0 radical (unpaired) electrons. The van der Waals surface area contributed by atoms with Gasteiger partial charge in [0.15, 0.2) is 5.69 Å². The van der Waals surface area contributed by atoms with Crippen molar-refractivity contribution in [2.24, 2.45) is 0 Å². The number of rotatable bonds is 7. The van der Waals surface area contributed by atoms with Crippen LogP contribution in [0.25, 0.3) is 49.3 Å². The number of nitrogens with zero attached hydrogens (tertiary/aromatic N) is 3. The molecule has 0 saturated heterocycles. The summed E-state index contributed by atoms with van der Waals surface area (Å²) in [5.41, 5.74) is 2.17. The van der Waals surface area contributed by atoms with E-state index in [1.165, 1.54) is 24.3 Å². The molecule has 47 heavy (non-hydrogen) atoms. The first-order chi connectivity index (χ1) is 22.6. The summed E-state index contributed by atoms with van der Waals surface area (Å²) in [6, 6.07) is 28.7. The SMILES string of the molecule is [C-]#[N+]c1cccc(C#N)c1-c1c(-c2cccc(-c3ccc(C(=O)O)cc3Cl)c2)n(S(=O)(=O)c2ccc(C(F)F)cc2)c2ccccc12. The van der Waals surface area contributed by atoms with Gasteiger partial charge in [-0.05, 0) is 48.0 Å². The molecule has 0 spiro atoms. The first kappa shape index (κ1) is 31.2. The number of benzene rings is 5. The van der Waals surface area contributed by atoms with Gasteiger partial charge in [0.1, 0.15) is 0 Å². The first-order valence-electron chi connectivity index (χ1n) is 13.9. The predicted octanol–water partition coefficient (Wildman–Crippen LogP) is 9.59. The molecule has 0 fully saturated rings. The Hall–Kier alpha value is -5.81. The quantitative estimate of drug-likeness (QED) is 0.171. The third-order valence-electron chi connectivity index (χ3n) is 7.70. The smallest absolute Gasteiger partial charge is 0.335 e. The van der Waals surface area contributed by atoms with E-state index < -0.39 is 22.4 Å². The highest BCUT2D eigenvalue weighted by molar-refractivity contribution is 7.90. The van der Waals surface area contributed by atoms with E-state index in [-0.39, 0.29) is 49.1 Å². The standard InChI is InChI=1S/C36H20ClF2N3O4S/c1-41-30-10-5-8-25(20-40)32(30)33-28-9-2-3-11-31(28)42(47(45,46)26-15-12-21(13-16-26)35(38)39)34(33)23-7-4-6-22(18-23)27-17-14-24(36(43)44)19-29(27)37/h2-19,35H,(H,43,44). The number of carboxylic acids is 1. The minimum atomic E-state index is -4.49. The van der Waals surface area contributed by atoms with Gasteiger partial charge < -0.3 is 5.11 Å². The average Bonchev–Trinajstić information content (AvgIpc) is 3.43. The Labute approximate surface area is 273 Å². The van der Waals surface area contributed by atoms with E-state index in [1.807, 2.05) is 0 Å². The summed E-state index contributed by atoms with van der Waals surface area (Å²) < 4.78 is 57.0. The summed E-state index contributed by atoms with van der Waals surface area (Å²) in [5.74, 6) is -1.15. The maximum atomic E-state index is 14.6. The Morgan fingerprint density at radius 3 is 2.26 bits per heavy atom. The molecule has 0 unspecified atom stereocenters. The molecule has 0 saturated carbocycles. The third-order valence-corrected chi connectivity index (χ3v) is 9.74. The minimum Gasteiger partial charge on any atom is -0.478 e. The summed E-state index contributed by atoms with van der Waals surface area (Å²) in [5, 5.41) is 20.1. The van der Waals surface area contributed by atoms with Crippen LogP contribution in [-0.4, -0.2) is 23.5 Å². The number of aromatic carboxylic acids is 1. The lowest BCUT2D eigenvalue weighted by atomic mass is 9.92. The third kappa shape index (κ3) is 5.40. The van der Waals surface area contributed by atoms with Crippen molar-refractivity contribution in [3.05, 3.63) is 142 Å². The van der Waals surface area contributed by atoms with Gasteiger partial charge in [0.25, 0.3) is 16.4 Å². The van der Waals surface area contributed by atoms with Crippen molar-refractivity contribution in [1.29, 1.82) is 5.26 Å². The van der Waals surface area contributed by atoms with Crippen LogP contribution in [0.3, 0.4) is 0 Å². The number of aromatic nitrogens is 1. The Bertz CT molecular complexity index is 2390. The van der Waals surface area contributed by atoms with Gasteiger partial charge in [-0.2, -0.15) is 5.26 Å². The predicted molar refractivity (Wildman–Crippen MR) is 175 cm³/mol. The van der Waals surface area contributed by atoms with Crippen molar-refractivity contribution in [2.75, 3.05) is 0 Å². The summed E-state index contributed by atoms with van der Waals surface area (Å²) in [6.07, 6.45) is -2.80. The normalized spacial score (nSPS) is 11.4. The van der Waals surface area contributed by atoms with Crippen molar-refractivity contribution in [1.82, 2.24) is 3.97 Å². The van der Waals surface area contributed by atoms with E-state index in [0.29, 0.717) is 27.6 Å². The van der Waals surface area contributed by atoms with Crippen LogP contribution in [0.4, 0.5) is 14.5 Å². The monoisotopic (exact) mass is 663 g/mol. The van der Waals surface area contributed by atoms with Gasteiger partial charge in [0.05, 0.1) is 34.3 Å². The summed E-state index contributed by atoms with van der Waals surface area (Å²) in [6.45, 7) is 7.90. The minimum absolute atomic E-state index is 0.0129. The number of halogens is 3. The number of fused-ring (bicyclic) bond motifs is 1. The number of para-hydroxylation sites is 1. The Morgan fingerprint density at radius 2 is 1.60 bits per heavy atom. The van der Waals surface area contributed by atoms with Gasteiger partial charge in [-0.1, -0.05) is 78.3 Å². The molecule has 6 rings (SSSR count). The fourth-order valence-electron chi connectivity index (χ4n) is 5.57. The van der Waals surface area contributed by atoms with Gasteiger partial charge in [-0.3, -0.25) is 0 Å². The zero-order chi connectivity index (χ0) is 33.5. The molecule has 1 N–H and O–H groups in total. The molecule has 1 aromatic heterocycles. The van der Waals surface area contributed by atoms with E-state index in [9.17, 15) is 32.4 Å². The zero-order valence-corrected chi connectivity index (χ0v) is 25.6. The lowest BCUT2D eigenvalue weighted by Gasteiger charge is -2.16. The molecular formula is C36H20ClF2N3O4S. The number of carbonyl (C=O) groups is 1. The van der Waals surface area contributed by atoms with Gasteiger partial charge >= 0.3 is 5.97 Å². The largest absolute Gasteiger partial charge is 0.478 e. The first-order valence-corrected chi connectivity index (χ1v) is 15.7. The number of nitriles is 1. The molecule has 6 aromatic rings. The van der Waals surface area contributed by atoms with E-state index in [2.05, 4.69) is 10.9 Å². The fourth-order valence-corrected chi connectivity index (χ4v) is 7.41. The molecule has 0 aliphatic rings. The van der Waals surface area contributed by atoms with E-state index >= 15 is 0 Å². The number of alkyl halides is 2. The van der Waals surface area contributed by atoms with Crippen molar-refractivity contribution in [3.8, 4) is 39.6 Å². The molecule has 1 heterocycles. The van der Waals surface area contributed by atoms with Gasteiger partial charge in [-0.15, -0.1) is 0 Å². The van der Waals surface area contributed by atoms with Crippen LogP contribution < -0.4 is 0 Å². The molecule has 230 valence electrons. The second-order valence-electron chi connectivity index (χ2n) is 10.4. The van der Waals surface area contributed by atoms with E-state index in [1.54, 1.807) is 60.7 Å². The van der Waals surface area contributed by atoms with E-state index in [4.69, 9.17) is 18.2 Å². The second-order valence-corrected chi connectivity index (χ2v) is 12.6. The number of carboxylic acid groups (broad SMARTS) is 1. The van der Waals surface area contributed by atoms with Crippen molar-refractivity contribution in [3.63, 3.8) is 0 Å². The van der Waals surface area contributed by atoms with Crippen LogP contribution in [0.15, 0.2) is 114 Å². The Balaban J connectivity index is 1.74. The molecule has 0 bridgehead atoms. The Kier molecular flexibility index (Phi) is 8.08. The molecule has 0 aliphatic carbocycles. The van der Waals surface area contributed by atoms with Gasteiger partial charge in [0.2, 0.25) is 0 Å². The van der Waals surface area contributed by atoms with Gasteiger partial charge in [-0.25, -0.2) is 30.8 Å². The van der Waals surface area contributed by atoms with E-state index in [0.717, 1.165) is 28.2 Å². The van der Waals surface area contributed by atoms with Crippen LogP contribution in [0, 0.1) is 17.9 Å². The highest BCUT2D eigenvalue weighted by atomic mass is 35.5. The average molecular weight is 664 g/mol. The van der Waals surface area contributed by atoms with Crippen LogP contribution >= 0.6 is 11.6 Å². The maximum absolute atomic E-state index is 14.6. The molecule has 0 atom stereocenters. The number of hydrogen-bond acceptors (Lipinski definition) is 4. The van der Waals surface area contributed by atoms with Crippen LogP contribution in [0.1, 0.15) is 27.9 Å². The van der Waals surface area contributed by atoms with Crippen molar-refractivity contribution < 1.29 is 27.1 Å². The number of hydrogen-bond donors (Lipinski definition) is 1. The van der Waals surface area contributed by atoms with Gasteiger partial charge in [0, 0.05) is 43.8 Å². The van der Waals surface area contributed by atoms with Crippen LogP contribution in [0.2, 0.25) is 5.02 Å². The summed E-state index contributed by atoms with van der Waals surface area (Å²) >= 11 is 6.51. The maximum Gasteiger partial charge on any atom is 0.335 e. The molecule has 0 amide bonds. The molecule has 0 aliphatic heterocycles. The second kappa shape index (κ2) is 12.2. The molecular weight excluding hydrogens is 644 g/mol.